The van der Waals surface area contributed by atoms with E-state index < -0.39 is 0 Å². The smallest absolute Gasteiger partial charge is 0.172 e. The molecule has 1 aromatic heterocycles. The molecule has 0 aliphatic carbocycles. The average Bonchev–Trinajstić information content (AvgIpc) is 2.65. The van der Waals surface area contributed by atoms with Crippen molar-refractivity contribution in [3.63, 3.8) is 0 Å². The molecule has 0 bridgehead atoms. The molecule has 1 aromatic rings. The summed E-state index contributed by atoms with van der Waals surface area (Å²) in [5.74, 6) is 0.128. The van der Waals surface area contributed by atoms with Gasteiger partial charge in [0, 0.05) is 17.9 Å². The summed E-state index contributed by atoms with van der Waals surface area (Å²) in [7, 11) is 0. The van der Waals surface area contributed by atoms with Crippen molar-refractivity contribution < 1.29 is 4.79 Å². The van der Waals surface area contributed by atoms with Crippen LogP contribution in [0.4, 0.5) is 0 Å². The molecule has 0 fully saturated rings. The first-order valence-electron chi connectivity index (χ1n) is 3.92. The number of ketones is 1. The van der Waals surface area contributed by atoms with Crippen LogP contribution in [0.1, 0.15) is 22.5 Å². The Hall–Kier alpha value is -1.32. The van der Waals surface area contributed by atoms with Crippen LogP contribution in [0.15, 0.2) is 22.6 Å². The molecule has 0 radical (unpaired) electrons. The zero-order chi connectivity index (χ0) is 9.52. The zero-order valence-electron chi connectivity index (χ0n) is 7.01. The van der Waals surface area contributed by atoms with E-state index in [-0.39, 0.29) is 5.78 Å². The van der Waals surface area contributed by atoms with E-state index in [0.717, 1.165) is 4.88 Å². The van der Waals surface area contributed by atoms with Crippen LogP contribution in [0.25, 0.3) is 10.4 Å². The highest BCUT2D eigenvalue weighted by Crippen LogP contribution is 2.12. The molecule has 0 aliphatic heterocycles. The zero-order valence-corrected chi connectivity index (χ0v) is 7.83. The summed E-state index contributed by atoms with van der Waals surface area (Å²) in [6.07, 6.45) is 1.08. The number of rotatable bonds is 5. The topological polar surface area (TPSA) is 65.8 Å². The van der Waals surface area contributed by atoms with E-state index in [1.165, 1.54) is 11.3 Å². The minimum Gasteiger partial charge on any atom is -0.293 e. The van der Waals surface area contributed by atoms with Crippen molar-refractivity contribution in [3.05, 3.63) is 32.8 Å². The van der Waals surface area contributed by atoms with Crippen LogP contribution in [-0.4, -0.2) is 12.3 Å². The summed E-state index contributed by atoms with van der Waals surface area (Å²) in [6, 6.07) is 3.66. The SMILES string of the molecule is [N-]=[N+]=NCCCC(=O)c1cccs1. The molecular weight excluding hydrogens is 186 g/mol. The van der Waals surface area contributed by atoms with Crippen LogP contribution in [0.2, 0.25) is 0 Å². The van der Waals surface area contributed by atoms with Gasteiger partial charge in [-0.05, 0) is 23.4 Å². The van der Waals surface area contributed by atoms with E-state index in [1.807, 2.05) is 11.4 Å². The molecule has 1 rings (SSSR count). The number of hydrogen-bond acceptors (Lipinski definition) is 3. The van der Waals surface area contributed by atoms with Crippen LogP contribution in [0.3, 0.4) is 0 Å². The average molecular weight is 195 g/mol. The van der Waals surface area contributed by atoms with E-state index in [1.54, 1.807) is 6.07 Å². The Morgan fingerprint density at radius 1 is 1.69 bits per heavy atom. The lowest BCUT2D eigenvalue weighted by atomic mass is 10.2. The van der Waals surface area contributed by atoms with Crippen molar-refractivity contribution in [1.82, 2.24) is 0 Å². The summed E-state index contributed by atoms with van der Waals surface area (Å²) in [5, 5.41) is 5.23. The number of azide groups is 1. The molecule has 0 saturated carbocycles. The van der Waals surface area contributed by atoms with Crippen molar-refractivity contribution >= 4 is 17.1 Å². The van der Waals surface area contributed by atoms with Crippen LogP contribution < -0.4 is 0 Å². The molecule has 5 heteroatoms. The van der Waals surface area contributed by atoms with Crippen LogP contribution in [0.5, 0.6) is 0 Å². The Balaban J connectivity index is 2.30. The molecule has 1 heterocycles. The third-order valence-corrected chi connectivity index (χ3v) is 2.43. The monoisotopic (exact) mass is 195 g/mol. The minimum absolute atomic E-state index is 0.128. The normalized spacial score (nSPS) is 9.23. The van der Waals surface area contributed by atoms with Gasteiger partial charge in [0.2, 0.25) is 0 Å². The highest BCUT2D eigenvalue weighted by atomic mass is 32.1. The van der Waals surface area contributed by atoms with Crippen molar-refractivity contribution in [2.45, 2.75) is 12.8 Å². The van der Waals surface area contributed by atoms with E-state index >= 15 is 0 Å². The fourth-order valence-electron chi connectivity index (χ4n) is 0.915. The van der Waals surface area contributed by atoms with Gasteiger partial charge in [-0.3, -0.25) is 4.79 Å². The first-order valence-corrected chi connectivity index (χ1v) is 4.80. The fraction of sp³-hybridized carbons (Fsp3) is 0.375. The molecule has 0 atom stereocenters. The number of carbonyl (C=O) groups excluding carboxylic acids is 1. The van der Waals surface area contributed by atoms with E-state index in [2.05, 4.69) is 10.0 Å². The Morgan fingerprint density at radius 2 is 2.54 bits per heavy atom. The largest absolute Gasteiger partial charge is 0.293 e. The molecule has 0 aliphatic rings. The third-order valence-electron chi connectivity index (χ3n) is 1.52. The predicted molar refractivity (Wildman–Crippen MR) is 51.9 cm³/mol. The van der Waals surface area contributed by atoms with Gasteiger partial charge in [0.25, 0.3) is 0 Å². The maximum Gasteiger partial charge on any atom is 0.172 e. The second-order valence-corrected chi connectivity index (χ2v) is 3.41. The van der Waals surface area contributed by atoms with Crippen molar-refractivity contribution in [2.24, 2.45) is 5.11 Å². The lowest BCUT2D eigenvalue weighted by Gasteiger charge is -1.93. The Labute approximate surface area is 79.8 Å². The standard InChI is InChI=1S/C8H9N3OS/c9-11-10-5-1-3-7(12)8-4-2-6-13-8/h2,4,6H,1,3,5H2. The number of thiophene rings is 1. The number of hydrogen-bond donors (Lipinski definition) is 0. The summed E-state index contributed by atoms with van der Waals surface area (Å²) < 4.78 is 0. The summed E-state index contributed by atoms with van der Waals surface area (Å²) >= 11 is 1.44. The van der Waals surface area contributed by atoms with Gasteiger partial charge in [0.15, 0.2) is 5.78 Å². The Kier molecular flexibility index (Phi) is 4.02. The molecule has 68 valence electrons. The van der Waals surface area contributed by atoms with Gasteiger partial charge in [-0.2, -0.15) is 0 Å². The molecule has 0 spiro atoms. The predicted octanol–water partition coefficient (Wildman–Crippen LogP) is 3.02. The van der Waals surface area contributed by atoms with Gasteiger partial charge in [0.05, 0.1) is 4.88 Å². The summed E-state index contributed by atoms with van der Waals surface area (Å²) in [5.41, 5.74) is 7.99. The summed E-state index contributed by atoms with van der Waals surface area (Å²) in [6.45, 7) is 0.396. The Morgan fingerprint density at radius 3 is 3.15 bits per heavy atom. The van der Waals surface area contributed by atoms with Gasteiger partial charge in [0.1, 0.15) is 0 Å². The fourth-order valence-corrected chi connectivity index (χ4v) is 1.61. The number of carbonyl (C=O) groups is 1. The first kappa shape index (κ1) is 9.77. The Bertz CT molecular complexity index is 314. The quantitative estimate of drug-likeness (QED) is 0.234. The van der Waals surface area contributed by atoms with Gasteiger partial charge in [-0.25, -0.2) is 0 Å². The van der Waals surface area contributed by atoms with Gasteiger partial charge in [-0.15, -0.1) is 11.3 Å². The number of Topliss-reactive ketones (excluding diaryl/α,β-unsaturated/α-hetero) is 1. The molecule has 0 N–H and O–H groups in total. The van der Waals surface area contributed by atoms with Crippen LogP contribution >= 0.6 is 11.3 Å². The van der Waals surface area contributed by atoms with Crippen molar-refractivity contribution in [1.29, 1.82) is 0 Å². The lowest BCUT2D eigenvalue weighted by Crippen LogP contribution is -1.96. The maximum atomic E-state index is 11.3. The minimum atomic E-state index is 0.128. The van der Waals surface area contributed by atoms with Gasteiger partial charge >= 0.3 is 0 Å². The number of nitrogens with zero attached hydrogens (tertiary/aromatic N) is 3. The molecule has 0 amide bonds. The van der Waals surface area contributed by atoms with Gasteiger partial charge in [-0.1, -0.05) is 11.2 Å². The maximum absolute atomic E-state index is 11.3. The van der Waals surface area contributed by atoms with Crippen molar-refractivity contribution in [2.75, 3.05) is 6.54 Å². The third kappa shape index (κ3) is 3.27. The van der Waals surface area contributed by atoms with Crippen LogP contribution in [-0.2, 0) is 0 Å². The summed E-state index contributed by atoms with van der Waals surface area (Å²) in [4.78, 5) is 14.7. The van der Waals surface area contributed by atoms with E-state index in [9.17, 15) is 4.79 Å². The molecule has 4 nitrogen and oxygen atoms in total. The lowest BCUT2D eigenvalue weighted by molar-refractivity contribution is 0.0984. The molecule has 0 aromatic carbocycles. The molecule has 13 heavy (non-hydrogen) atoms. The van der Waals surface area contributed by atoms with Gasteiger partial charge < -0.3 is 0 Å². The van der Waals surface area contributed by atoms with E-state index in [0.29, 0.717) is 19.4 Å². The second kappa shape index (κ2) is 5.35. The van der Waals surface area contributed by atoms with E-state index in [4.69, 9.17) is 5.53 Å². The first-order chi connectivity index (χ1) is 6.34. The second-order valence-electron chi connectivity index (χ2n) is 2.46. The van der Waals surface area contributed by atoms with Crippen LogP contribution in [0, 0.1) is 0 Å². The van der Waals surface area contributed by atoms with Crippen molar-refractivity contribution in [3.8, 4) is 0 Å². The highest BCUT2D eigenvalue weighted by molar-refractivity contribution is 7.12. The highest BCUT2D eigenvalue weighted by Gasteiger charge is 2.04. The molecule has 0 saturated heterocycles. The molecule has 0 unspecified atom stereocenters. The molecular formula is C8H9N3OS.